The van der Waals surface area contributed by atoms with E-state index in [1.54, 1.807) is 18.4 Å². The van der Waals surface area contributed by atoms with E-state index in [9.17, 15) is 9.59 Å². The van der Waals surface area contributed by atoms with Gasteiger partial charge in [-0.1, -0.05) is 12.1 Å². The predicted molar refractivity (Wildman–Crippen MR) is 95.4 cm³/mol. The number of carbonyl (C=O) groups is 2. The van der Waals surface area contributed by atoms with Gasteiger partial charge in [0.05, 0.1) is 11.7 Å². The van der Waals surface area contributed by atoms with Crippen LogP contribution in [0, 0.1) is 5.41 Å². The smallest absolute Gasteiger partial charge is 0.238 e. The molecule has 1 unspecified atom stereocenters. The standard InChI is InChI=1S/C19H24N4O4/c1-2-9-22-10-7-19(18(22)25)8-11-23(13-19)16(24)6-5-15-20-17(21-27-15)14-4-3-12-26-14/h3-4,12H,2,5-11,13H2,1H3. The molecule has 1 atom stereocenters. The van der Waals surface area contributed by atoms with E-state index in [4.69, 9.17) is 8.94 Å². The maximum Gasteiger partial charge on any atom is 0.238 e. The Bertz CT molecular complexity index is 816. The molecule has 0 radical (unpaired) electrons. The van der Waals surface area contributed by atoms with Gasteiger partial charge in [-0.3, -0.25) is 9.59 Å². The second kappa shape index (κ2) is 7.17. The molecule has 2 saturated heterocycles. The fraction of sp³-hybridized carbons (Fsp3) is 0.579. The third-order valence-corrected chi connectivity index (χ3v) is 5.56. The van der Waals surface area contributed by atoms with Crippen molar-refractivity contribution in [3.8, 4) is 11.6 Å². The molecule has 0 aromatic carbocycles. The van der Waals surface area contributed by atoms with E-state index in [-0.39, 0.29) is 17.2 Å². The van der Waals surface area contributed by atoms with Crippen molar-refractivity contribution in [1.29, 1.82) is 0 Å². The van der Waals surface area contributed by atoms with Gasteiger partial charge < -0.3 is 18.7 Å². The van der Waals surface area contributed by atoms with Crippen LogP contribution in [0.3, 0.4) is 0 Å². The number of carbonyl (C=O) groups excluding carboxylic acids is 2. The van der Waals surface area contributed by atoms with E-state index in [0.717, 1.165) is 32.4 Å². The molecule has 2 aliphatic heterocycles. The van der Waals surface area contributed by atoms with Gasteiger partial charge in [-0.15, -0.1) is 0 Å². The van der Waals surface area contributed by atoms with Crippen molar-refractivity contribution < 1.29 is 18.5 Å². The summed E-state index contributed by atoms with van der Waals surface area (Å²) in [6.07, 6.45) is 4.81. The van der Waals surface area contributed by atoms with Crippen molar-refractivity contribution in [3.63, 3.8) is 0 Å². The first kappa shape index (κ1) is 17.8. The van der Waals surface area contributed by atoms with Gasteiger partial charge in [-0.2, -0.15) is 4.98 Å². The molecule has 2 aromatic heterocycles. The SMILES string of the molecule is CCCN1CCC2(CCN(C(=O)CCc3nc(-c4ccco4)no3)C2)C1=O. The summed E-state index contributed by atoms with van der Waals surface area (Å²) >= 11 is 0. The zero-order valence-electron chi connectivity index (χ0n) is 15.5. The van der Waals surface area contributed by atoms with Crippen LogP contribution < -0.4 is 0 Å². The highest BCUT2D eigenvalue weighted by atomic mass is 16.5. The lowest BCUT2D eigenvalue weighted by molar-refractivity contribution is -0.136. The summed E-state index contributed by atoms with van der Waals surface area (Å²) in [5.41, 5.74) is -0.359. The third kappa shape index (κ3) is 3.36. The van der Waals surface area contributed by atoms with Crippen LogP contribution in [0.4, 0.5) is 0 Å². The Hall–Kier alpha value is -2.64. The van der Waals surface area contributed by atoms with Crippen molar-refractivity contribution >= 4 is 11.8 Å². The van der Waals surface area contributed by atoms with Crippen LogP contribution in [0.25, 0.3) is 11.6 Å². The van der Waals surface area contributed by atoms with Gasteiger partial charge >= 0.3 is 0 Å². The van der Waals surface area contributed by atoms with Crippen LogP contribution in [0.1, 0.15) is 38.5 Å². The first-order chi connectivity index (χ1) is 13.1. The third-order valence-electron chi connectivity index (χ3n) is 5.56. The van der Waals surface area contributed by atoms with E-state index < -0.39 is 0 Å². The topological polar surface area (TPSA) is 92.7 Å². The quantitative estimate of drug-likeness (QED) is 0.771. The van der Waals surface area contributed by atoms with Crippen LogP contribution in [0.2, 0.25) is 0 Å². The van der Waals surface area contributed by atoms with Crippen LogP contribution in [0.15, 0.2) is 27.3 Å². The number of hydrogen-bond donors (Lipinski definition) is 0. The van der Waals surface area contributed by atoms with Gasteiger partial charge in [0.15, 0.2) is 5.76 Å². The van der Waals surface area contributed by atoms with Crippen molar-refractivity contribution in [2.24, 2.45) is 5.41 Å². The predicted octanol–water partition coefficient (Wildman–Crippen LogP) is 2.12. The number of furan rings is 1. The van der Waals surface area contributed by atoms with Crippen molar-refractivity contribution in [3.05, 3.63) is 24.3 Å². The molecule has 0 bridgehead atoms. The maximum atomic E-state index is 12.7. The molecule has 8 heteroatoms. The second-order valence-electron chi connectivity index (χ2n) is 7.38. The Kier molecular flexibility index (Phi) is 4.72. The molecule has 27 heavy (non-hydrogen) atoms. The van der Waals surface area contributed by atoms with Gasteiger partial charge in [0.2, 0.25) is 23.5 Å². The highest BCUT2D eigenvalue weighted by molar-refractivity contribution is 5.87. The lowest BCUT2D eigenvalue weighted by atomic mass is 9.85. The van der Waals surface area contributed by atoms with Crippen molar-refractivity contribution in [1.82, 2.24) is 19.9 Å². The number of amides is 2. The van der Waals surface area contributed by atoms with Gasteiger partial charge in [-0.25, -0.2) is 0 Å². The first-order valence-corrected chi connectivity index (χ1v) is 9.55. The number of hydrogen-bond acceptors (Lipinski definition) is 6. The summed E-state index contributed by atoms with van der Waals surface area (Å²) in [5, 5.41) is 3.87. The summed E-state index contributed by atoms with van der Waals surface area (Å²) in [6.45, 7) is 4.88. The molecule has 4 rings (SSSR count). The molecule has 2 aromatic rings. The molecule has 144 valence electrons. The Labute approximate surface area is 157 Å². The summed E-state index contributed by atoms with van der Waals surface area (Å²) in [7, 11) is 0. The van der Waals surface area contributed by atoms with Gasteiger partial charge in [0, 0.05) is 39.0 Å². The molecule has 0 saturated carbocycles. The molecular weight excluding hydrogens is 348 g/mol. The van der Waals surface area contributed by atoms with E-state index in [2.05, 4.69) is 17.1 Å². The number of aromatic nitrogens is 2. The Morgan fingerprint density at radius 1 is 1.33 bits per heavy atom. The highest BCUT2D eigenvalue weighted by Gasteiger charge is 2.51. The summed E-state index contributed by atoms with van der Waals surface area (Å²) in [6, 6.07) is 3.51. The van der Waals surface area contributed by atoms with E-state index >= 15 is 0 Å². The molecule has 1 spiro atoms. The van der Waals surface area contributed by atoms with Crippen LogP contribution >= 0.6 is 0 Å². The van der Waals surface area contributed by atoms with Crippen LogP contribution in [0.5, 0.6) is 0 Å². The zero-order valence-corrected chi connectivity index (χ0v) is 15.5. The summed E-state index contributed by atoms with van der Waals surface area (Å²) in [5.74, 6) is 1.59. The lowest BCUT2D eigenvalue weighted by Crippen LogP contribution is -2.38. The van der Waals surface area contributed by atoms with Crippen molar-refractivity contribution in [2.75, 3.05) is 26.2 Å². The first-order valence-electron chi connectivity index (χ1n) is 9.55. The van der Waals surface area contributed by atoms with Gasteiger partial charge in [0.25, 0.3) is 0 Å². The van der Waals surface area contributed by atoms with E-state index in [0.29, 0.717) is 43.4 Å². The summed E-state index contributed by atoms with van der Waals surface area (Å²) < 4.78 is 10.4. The Morgan fingerprint density at radius 3 is 2.96 bits per heavy atom. The molecule has 2 amide bonds. The average Bonchev–Trinajstić information content (AvgIpc) is 3.45. The minimum absolute atomic E-state index is 0.0337. The fourth-order valence-electron chi connectivity index (χ4n) is 4.07. The highest BCUT2D eigenvalue weighted by Crippen LogP contribution is 2.40. The molecular formula is C19H24N4O4. The van der Waals surface area contributed by atoms with Crippen LogP contribution in [-0.4, -0.2) is 57.9 Å². The molecule has 0 aliphatic carbocycles. The Morgan fingerprint density at radius 2 is 2.19 bits per heavy atom. The number of likely N-dealkylation sites (tertiary alicyclic amines) is 2. The normalized spacial score (nSPS) is 22.3. The minimum atomic E-state index is -0.359. The van der Waals surface area contributed by atoms with E-state index in [1.165, 1.54) is 0 Å². The zero-order chi connectivity index (χ0) is 18.9. The molecule has 8 nitrogen and oxygen atoms in total. The molecule has 4 heterocycles. The molecule has 2 fully saturated rings. The number of nitrogens with zero attached hydrogens (tertiary/aromatic N) is 4. The average molecular weight is 372 g/mol. The Balaban J connectivity index is 1.32. The maximum absolute atomic E-state index is 12.7. The lowest BCUT2D eigenvalue weighted by Gasteiger charge is -2.23. The summed E-state index contributed by atoms with van der Waals surface area (Å²) in [4.78, 5) is 33.4. The van der Waals surface area contributed by atoms with Gasteiger partial charge in [0.1, 0.15) is 0 Å². The molecule has 2 aliphatic rings. The van der Waals surface area contributed by atoms with Crippen molar-refractivity contribution in [2.45, 2.75) is 39.0 Å². The fourth-order valence-corrected chi connectivity index (χ4v) is 4.07. The van der Waals surface area contributed by atoms with E-state index in [1.807, 2.05) is 9.80 Å². The number of aryl methyl sites for hydroxylation is 1. The molecule has 0 N–H and O–H groups in total. The number of rotatable bonds is 6. The monoisotopic (exact) mass is 372 g/mol. The van der Waals surface area contributed by atoms with Crippen LogP contribution in [-0.2, 0) is 16.0 Å². The second-order valence-corrected chi connectivity index (χ2v) is 7.38. The largest absolute Gasteiger partial charge is 0.461 e. The van der Waals surface area contributed by atoms with Gasteiger partial charge in [-0.05, 0) is 31.4 Å². The minimum Gasteiger partial charge on any atom is -0.461 e.